The van der Waals surface area contributed by atoms with E-state index in [0.29, 0.717) is 10.3 Å². The van der Waals surface area contributed by atoms with Gasteiger partial charge in [-0.1, -0.05) is 5.21 Å². The fourth-order valence-electron chi connectivity index (χ4n) is 2.33. The van der Waals surface area contributed by atoms with Crippen molar-refractivity contribution >= 4 is 22.0 Å². The molecule has 1 aliphatic rings. The van der Waals surface area contributed by atoms with E-state index in [1.807, 2.05) is 0 Å². The van der Waals surface area contributed by atoms with Gasteiger partial charge in [-0.05, 0) is 50.0 Å². The molecule has 0 N–H and O–H groups in total. The summed E-state index contributed by atoms with van der Waals surface area (Å²) in [4.78, 5) is 13.0. The number of likely N-dealkylation sites (tertiary alicyclic amines) is 1. The largest absolute Gasteiger partial charge is 0.444 e. The number of nitrogens with zero attached hydrogens (tertiary/aromatic N) is 4. The second-order valence-electron chi connectivity index (χ2n) is 6.38. The molecule has 2 rings (SSSR count). The van der Waals surface area contributed by atoms with Crippen molar-refractivity contribution in [3.63, 3.8) is 0 Å². The van der Waals surface area contributed by atoms with Crippen LogP contribution >= 0.6 is 15.9 Å². The number of ether oxygens (including phenoxy) is 1. The van der Waals surface area contributed by atoms with Crippen molar-refractivity contribution in [1.82, 2.24) is 19.9 Å². The number of carbonyl (C=O) groups is 1. The average Bonchev–Trinajstić information content (AvgIpc) is 2.67. The van der Waals surface area contributed by atoms with Gasteiger partial charge < -0.3 is 9.64 Å². The molecular weight excluding hydrogens is 362 g/mol. The molecule has 1 aromatic heterocycles. The minimum absolute atomic E-state index is 0.0862. The van der Waals surface area contributed by atoms with Gasteiger partial charge in [-0.3, -0.25) is 0 Å². The van der Waals surface area contributed by atoms with E-state index in [2.05, 4.69) is 26.2 Å². The van der Waals surface area contributed by atoms with Crippen LogP contribution in [0.4, 0.5) is 13.6 Å². The van der Waals surface area contributed by atoms with Gasteiger partial charge in [0.05, 0.1) is 12.2 Å². The first kappa shape index (κ1) is 17.1. The van der Waals surface area contributed by atoms with Gasteiger partial charge in [0, 0.05) is 6.54 Å². The fraction of sp³-hybridized carbons (Fsp3) is 0.769. The lowest BCUT2D eigenvalue weighted by Gasteiger charge is -2.38. The summed E-state index contributed by atoms with van der Waals surface area (Å²) in [6.07, 6.45) is -0.634. The molecule has 1 saturated heterocycles. The molecule has 0 spiro atoms. The molecule has 0 aromatic carbocycles. The predicted octanol–water partition coefficient (Wildman–Crippen LogP) is 3.17. The molecule has 0 saturated carbocycles. The number of alkyl halides is 2. The van der Waals surface area contributed by atoms with Gasteiger partial charge in [0.25, 0.3) is 5.92 Å². The van der Waals surface area contributed by atoms with E-state index in [1.54, 1.807) is 27.7 Å². The summed E-state index contributed by atoms with van der Waals surface area (Å²) >= 11 is 3.16. The van der Waals surface area contributed by atoms with Gasteiger partial charge in [-0.15, -0.1) is 5.10 Å². The zero-order valence-corrected chi connectivity index (χ0v) is 14.5. The number of piperidine rings is 1. The van der Waals surface area contributed by atoms with Crippen LogP contribution in [0.3, 0.4) is 0 Å². The minimum Gasteiger partial charge on any atom is -0.444 e. The lowest BCUT2D eigenvalue weighted by atomic mass is 10.0. The van der Waals surface area contributed by atoms with Gasteiger partial charge in [0.15, 0.2) is 4.60 Å². The summed E-state index contributed by atoms with van der Waals surface area (Å²) in [6, 6.07) is -1.12. The van der Waals surface area contributed by atoms with Crippen LogP contribution in [0.25, 0.3) is 0 Å². The Labute approximate surface area is 135 Å². The monoisotopic (exact) mass is 380 g/mol. The molecule has 0 radical (unpaired) electrons. The van der Waals surface area contributed by atoms with Crippen molar-refractivity contribution in [2.24, 2.45) is 0 Å². The van der Waals surface area contributed by atoms with Crippen LogP contribution in [0.2, 0.25) is 0 Å². The molecule has 1 unspecified atom stereocenters. The first-order valence-corrected chi connectivity index (χ1v) is 7.73. The highest BCUT2D eigenvalue weighted by molar-refractivity contribution is 9.10. The molecule has 1 aromatic rings. The van der Waals surface area contributed by atoms with E-state index in [-0.39, 0.29) is 13.0 Å². The number of halogens is 3. The summed E-state index contributed by atoms with van der Waals surface area (Å²) < 4.78 is 35.7. The smallest absolute Gasteiger partial charge is 0.410 e. The van der Waals surface area contributed by atoms with Crippen molar-refractivity contribution in [2.75, 3.05) is 13.1 Å². The predicted molar refractivity (Wildman–Crippen MR) is 78.9 cm³/mol. The van der Waals surface area contributed by atoms with Gasteiger partial charge in [-0.2, -0.15) is 0 Å². The second kappa shape index (κ2) is 5.75. The molecule has 1 aliphatic heterocycles. The normalized spacial score (nSPS) is 21.8. The van der Waals surface area contributed by atoms with Gasteiger partial charge in [0.1, 0.15) is 11.6 Å². The SMILES string of the molecule is Cc1c(Br)nnn1C1CCN(C(=O)OC(C)(C)C)CC1(F)F. The van der Waals surface area contributed by atoms with Crippen molar-refractivity contribution in [3.8, 4) is 0 Å². The van der Waals surface area contributed by atoms with Crippen LogP contribution in [-0.2, 0) is 4.74 Å². The van der Waals surface area contributed by atoms with Crippen molar-refractivity contribution in [1.29, 1.82) is 0 Å². The quantitative estimate of drug-likeness (QED) is 0.750. The van der Waals surface area contributed by atoms with Crippen molar-refractivity contribution < 1.29 is 18.3 Å². The first-order valence-electron chi connectivity index (χ1n) is 6.94. The Morgan fingerprint density at radius 1 is 1.45 bits per heavy atom. The molecule has 2 heterocycles. The third-order valence-electron chi connectivity index (χ3n) is 3.38. The summed E-state index contributed by atoms with van der Waals surface area (Å²) in [5.74, 6) is -3.10. The van der Waals surface area contributed by atoms with Crippen LogP contribution in [0.15, 0.2) is 4.60 Å². The molecule has 22 heavy (non-hydrogen) atoms. The van der Waals surface area contributed by atoms with E-state index in [1.165, 1.54) is 4.68 Å². The van der Waals surface area contributed by atoms with E-state index in [9.17, 15) is 13.6 Å². The standard InChI is InChI=1S/C13H19BrF2N4O2/c1-8-10(14)17-18-20(8)9-5-6-19(7-13(9,15)16)11(21)22-12(2,3)4/h9H,5-7H2,1-4H3. The summed E-state index contributed by atoms with van der Waals surface area (Å²) in [6.45, 7) is 6.26. The number of carbonyl (C=O) groups excluding carboxylic acids is 1. The van der Waals surface area contributed by atoms with E-state index >= 15 is 0 Å². The van der Waals surface area contributed by atoms with Gasteiger partial charge >= 0.3 is 6.09 Å². The van der Waals surface area contributed by atoms with Crippen LogP contribution in [-0.4, -0.2) is 50.6 Å². The zero-order valence-electron chi connectivity index (χ0n) is 12.9. The van der Waals surface area contributed by atoms with E-state index < -0.39 is 30.2 Å². The summed E-state index contributed by atoms with van der Waals surface area (Å²) in [5.41, 5.74) is -0.174. The van der Waals surface area contributed by atoms with Crippen LogP contribution in [0.5, 0.6) is 0 Å². The molecule has 1 atom stereocenters. The number of hydrogen-bond acceptors (Lipinski definition) is 4. The maximum absolute atomic E-state index is 14.4. The van der Waals surface area contributed by atoms with Crippen LogP contribution < -0.4 is 0 Å². The molecule has 1 fully saturated rings. The molecule has 1 amide bonds. The van der Waals surface area contributed by atoms with Crippen molar-refractivity contribution in [2.45, 2.75) is 51.7 Å². The fourth-order valence-corrected chi connectivity index (χ4v) is 2.58. The maximum atomic E-state index is 14.4. The molecule has 6 nitrogen and oxygen atoms in total. The number of rotatable bonds is 1. The highest BCUT2D eigenvalue weighted by Crippen LogP contribution is 2.37. The molecular formula is C13H19BrF2N4O2. The van der Waals surface area contributed by atoms with Gasteiger partial charge in [0.2, 0.25) is 0 Å². The van der Waals surface area contributed by atoms with E-state index in [4.69, 9.17) is 4.74 Å². The number of aromatic nitrogens is 3. The van der Waals surface area contributed by atoms with Crippen molar-refractivity contribution in [3.05, 3.63) is 10.3 Å². The topological polar surface area (TPSA) is 60.2 Å². The van der Waals surface area contributed by atoms with Gasteiger partial charge in [-0.25, -0.2) is 18.3 Å². The minimum atomic E-state index is -3.10. The maximum Gasteiger partial charge on any atom is 0.410 e. The Balaban J connectivity index is 2.13. The molecule has 9 heteroatoms. The third-order valence-corrected chi connectivity index (χ3v) is 4.11. The summed E-state index contributed by atoms with van der Waals surface area (Å²) in [7, 11) is 0. The van der Waals surface area contributed by atoms with Crippen LogP contribution in [0.1, 0.15) is 38.9 Å². The Bertz CT molecular complexity index is 571. The first-order chi connectivity index (χ1) is 10.0. The number of amides is 1. The lowest BCUT2D eigenvalue weighted by Crippen LogP contribution is -2.52. The van der Waals surface area contributed by atoms with E-state index in [0.717, 1.165) is 4.90 Å². The zero-order chi connectivity index (χ0) is 16.7. The lowest BCUT2D eigenvalue weighted by molar-refractivity contribution is -0.107. The average molecular weight is 381 g/mol. The third kappa shape index (κ3) is 3.56. The Morgan fingerprint density at radius 2 is 2.09 bits per heavy atom. The highest BCUT2D eigenvalue weighted by atomic mass is 79.9. The second-order valence-corrected chi connectivity index (χ2v) is 7.13. The molecule has 124 valence electrons. The Morgan fingerprint density at radius 3 is 2.55 bits per heavy atom. The molecule has 0 bridgehead atoms. The molecule has 0 aliphatic carbocycles. The summed E-state index contributed by atoms with van der Waals surface area (Å²) in [5, 5.41) is 7.52. The Hall–Kier alpha value is -1.25. The number of hydrogen-bond donors (Lipinski definition) is 0. The Kier molecular flexibility index (Phi) is 4.47. The highest BCUT2D eigenvalue weighted by Gasteiger charge is 2.48. The van der Waals surface area contributed by atoms with Crippen LogP contribution in [0, 0.1) is 6.92 Å².